The van der Waals surface area contributed by atoms with Gasteiger partial charge in [0.25, 0.3) is 5.91 Å². The second-order valence-corrected chi connectivity index (χ2v) is 5.52. The summed E-state index contributed by atoms with van der Waals surface area (Å²) in [7, 11) is 0. The van der Waals surface area contributed by atoms with Crippen molar-refractivity contribution in [3.8, 4) is 11.3 Å². The first-order valence-electron chi connectivity index (χ1n) is 7.75. The molecule has 1 N–H and O–H groups in total. The van der Waals surface area contributed by atoms with Crippen molar-refractivity contribution in [3.63, 3.8) is 0 Å². The molecule has 0 aliphatic heterocycles. The standard InChI is InChI=1S/C18H14F3N3O2/c19-18(20,21)14-5-1-4-13(9-14)16-10-15(24-26-16)17(25)23-8-6-12-3-2-7-22-11-12/h1-5,7,9-11H,6,8H2,(H,23,25). The third kappa shape index (κ3) is 4.27. The van der Waals surface area contributed by atoms with E-state index in [1.807, 2.05) is 6.07 Å². The van der Waals surface area contributed by atoms with Crippen LogP contribution in [-0.2, 0) is 12.6 Å². The molecule has 1 amide bonds. The molecule has 0 fully saturated rings. The van der Waals surface area contributed by atoms with Gasteiger partial charge in [0.1, 0.15) is 0 Å². The van der Waals surface area contributed by atoms with Gasteiger partial charge in [-0.1, -0.05) is 23.4 Å². The molecule has 0 atom stereocenters. The Hall–Kier alpha value is -3.16. The Morgan fingerprint density at radius 3 is 2.73 bits per heavy atom. The highest BCUT2D eigenvalue weighted by Gasteiger charge is 2.30. The molecule has 0 aliphatic rings. The van der Waals surface area contributed by atoms with Gasteiger partial charge in [-0.15, -0.1) is 0 Å². The van der Waals surface area contributed by atoms with E-state index in [0.717, 1.165) is 17.7 Å². The lowest BCUT2D eigenvalue weighted by Crippen LogP contribution is -2.25. The van der Waals surface area contributed by atoms with Gasteiger partial charge in [0.15, 0.2) is 11.5 Å². The van der Waals surface area contributed by atoms with Crippen molar-refractivity contribution in [3.05, 3.63) is 71.7 Å². The molecule has 0 bridgehead atoms. The smallest absolute Gasteiger partial charge is 0.355 e. The summed E-state index contributed by atoms with van der Waals surface area (Å²) in [4.78, 5) is 16.1. The van der Waals surface area contributed by atoms with E-state index in [2.05, 4.69) is 15.5 Å². The lowest BCUT2D eigenvalue weighted by atomic mass is 10.1. The summed E-state index contributed by atoms with van der Waals surface area (Å²) >= 11 is 0. The fraction of sp³-hybridized carbons (Fsp3) is 0.167. The number of nitrogens with one attached hydrogen (secondary N) is 1. The number of aromatic nitrogens is 2. The number of halogens is 3. The minimum absolute atomic E-state index is 0.00333. The van der Waals surface area contributed by atoms with Crippen molar-refractivity contribution in [1.82, 2.24) is 15.5 Å². The van der Waals surface area contributed by atoms with Gasteiger partial charge < -0.3 is 9.84 Å². The molecule has 8 heteroatoms. The molecule has 0 radical (unpaired) electrons. The summed E-state index contributed by atoms with van der Waals surface area (Å²) < 4.78 is 43.4. The summed E-state index contributed by atoms with van der Waals surface area (Å²) in [5.41, 5.74) is 0.372. The van der Waals surface area contributed by atoms with Crippen molar-refractivity contribution in [2.75, 3.05) is 6.54 Å². The molecule has 2 aromatic heterocycles. The second-order valence-electron chi connectivity index (χ2n) is 5.52. The molecule has 0 saturated carbocycles. The van der Waals surface area contributed by atoms with E-state index < -0.39 is 17.6 Å². The molecule has 5 nitrogen and oxygen atoms in total. The topological polar surface area (TPSA) is 68.0 Å². The Morgan fingerprint density at radius 1 is 1.15 bits per heavy atom. The predicted molar refractivity (Wildman–Crippen MR) is 87.2 cm³/mol. The number of rotatable bonds is 5. The van der Waals surface area contributed by atoms with Crippen LogP contribution in [0.15, 0.2) is 59.4 Å². The van der Waals surface area contributed by atoms with E-state index >= 15 is 0 Å². The lowest BCUT2D eigenvalue weighted by Gasteiger charge is -2.06. The Kier molecular flexibility index (Phi) is 5.01. The number of carbonyl (C=O) groups excluding carboxylic acids is 1. The zero-order valence-corrected chi connectivity index (χ0v) is 13.5. The molecular weight excluding hydrogens is 347 g/mol. The molecule has 134 valence electrons. The lowest BCUT2D eigenvalue weighted by molar-refractivity contribution is -0.137. The Balaban J connectivity index is 1.65. The number of hydrogen-bond acceptors (Lipinski definition) is 4. The van der Waals surface area contributed by atoms with Crippen molar-refractivity contribution >= 4 is 5.91 Å². The van der Waals surface area contributed by atoms with Crippen molar-refractivity contribution in [2.24, 2.45) is 0 Å². The number of carbonyl (C=O) groups is 1. The molecule has 3 rings (SSSR count). The van der Waals surface area contributed by atoms with E-state index in [1.165, 1.54) is 18.2 Å². The van der Waals surface area contributed by atoms with Crippen LogP contribution in [0.25, 0.3) is 11.3 Å². The van der Waals surface area contributed by atoms with Crippen molar-refractivity contribution in [1.29, 1.82) is 0 Å². The van der Waals surface area contributed by atoms with E-state index in [0.29, 0.717) is 13.0 Å². The van der Waals surface area contributed by atoms with E-state index in [9.17, 15) is 18.0 Å². The fourth-order valence-corrected chi connectivity index (χ4v) is 2.32. The monoisotopic (exact) mass is 361 g/mol. The average Bonchev–Trinajstić information content (AvgIpc) is 3.12. The number of amides is 1. The van der Waals surface area contributed by atoms with Gasteiger partial charge in [-0.05, 0) is 30.2 Å². The fourth-order valence-electron chi connectivity index (χ4n) is 2.32. The molecular formula is C18H14F3N3O2. The van der Waals surface area contributed by atoms with E-state index in [-0.39, 0.29) is 17.0 Å². The molecule has 1 aromatic carbocycles. The summed E-state index contributed by atoms with van der Waals surface area (Å²) in [5, 5.41) is 6.31. The maximum absolute atomic E-state index is 12.8. The number of alkyl halides is 3. The highest BCUT2D eigenvalue weighted by Crippen LogP contribution is 2.32. The van der Waals surface area contributed by atoms with Crippen LogP contribution in [-0.4, -0.2) is 22.6 Å². The summed E-state index contributed by atoms with van der Waals surface area (Å²) in [6.45, 7) is 0.371. The average molecular weight is 361 g/mol. The molecule has 0 aliphatic carbocycles. The van der Waals surface area contributed by atoms with E-state index in [1.54, 1.807) is 18.5 Å². The molecule has 26 heavy (non-hydrogen) atoms. The van der Waals surface area contributed by atoms with Crippen LogP contribution in [0, 0.1) is 0 Å². The summed E-state index contributed by atoms with van der Waals surface area (Å²) in [6.07, 6.45) is -0.499. The first kappa shape index (κ1) is 17.7. The molecule has 0 spiro atoms. The van der Waals surface area contributed by atoms with Gasteiger partial charge in [0, 0.05) is 30.6 Å². The third-order valence-electron chi connectivity index (χ3n) is 3.64. The summed E-state index contributed by atoms with van der Waals surface area (Å²) in [5.74, 6) is -0.371. The largest absolute Gasteiger partial charge is 0.416 e. The summed E-state index contributed by atoms with van der Waals surface area (Å²) in [6, 6.07) is 9.65. The predicted octanol–water partition coefficient (Wildman–Crippen LogP) is 3.73. The van der Waals surface area contributed by atoms with Crippen LogP contribution in [0.2, 0.25) is 0 Å². The SMILES string of the molecule is O=C(NCCc1cccnc1)c1cc(-c2cccc(C(F)(F)F)c2)on1. The molecule has 0 unspecified atom stereocenters. The first-order chi connectivity index (χ1) is 12.4. The van der Waals surface area contributed by atoms with Crippen LogP contribution in [0.3, 0.4) is 0 Å². The normalized spacial score (nSPS) is 11.3. The second kappa shape index (κ2) is 7.38. The molecule has 2 heterocycles. The van der Waals surface area contributed by atoms with Crippen LogP contribution in [0.1, 0.15) is 21.6 Å². The van der Waals surface area contributed by atoms with Gasteiger partial charge >= 0.3 is 6.18 Å². The number of pyridine rings is 1. The van der Waals surface area contributed by atoms with Crippen LogP contribution in [0.5, 0.6) is 0 Å². The zero-order valence-electron chi connectivity index (χ0n) is 13.5. The Labute approximate surface area is 146 Å². The zero-order chi connectivity index (χ0) is 18.6. The maximum Gasteiger partial charge on any atom is 0.416 e. The maximum atomic E-state index is 12.8. The van der Waals surface area contributed by atoms with Gasteiger partial charge in [0.2, 0.25) is 0 Å². The Morgan fingerprint density at radius 2 is 2.00 bits per heavy atom. The third-order valence-corrected chi connectivity index (χ3v) is 3.64. The van der Waals surface area contributed by atoms with Crippen LogP contribution in [0.4, 0.5) is 13.2 Å². The highest BCUT2D eigenvalue weighted by atomic mass is 19.4. The highest BCUT2D eigenvalue weighted by molar-refractivity contribution is 5.93. The Bertz CT molecular complexity index is 892. The molecule has 0 saturated heterocycles. The van der Waals surface area contributed by atoms with Crippen molar-refractivity contribution < 1.29 is 22.5 Å². The minimum Gasteiger partial charge on any atom is -0.355 e. The van der Waals surface area contributed by atoms with Gasteiger partial charge in [-0.2, -0.15) is 13.2 Å². The van der Waals surface area contributed by atoms with E-state index in [4.69, 9.17) is 4.52 Å². The van der Waals surface area contributed by atoms with Gasteiger partial charge in [0.05, 0.1) is 5.56 Å². The van der Waals surface area contributed by atoms with Crippen molar-refractivity contribution in [2.45, 2.75) is 12.6 Å². The quantitative estimate of drug-likeness (QED) is 0.752. The van der Waals surface area contributed by atoms with Gasteiger partial charge in [-0.3, -0.25) is 9.78 Å². The van der Waals surface area contributed by atoms with Gasteiger partial charge in [-0.25, -0.2) is 0 Å². The number of hydrogen-bond donors (Lipinski definition) is 1. The minimum atomic E-state index is -4.46. The van der Waals surface area contributed by atoms with Crippen LogP contribution < -0.4 is 5.32 Å². The molecule has 3 aromatic rings. The van der Waals surface area contributed by atoms with Crippen LogP contribution >= 0.6 is 0 Å². The number of benzene rings is 1. The first-order valence-corrected chi connectivity index (χ1v) is 7.75. The number of nitrogens with zero attached hydrogens (tertiary/aromatic N) is 2.